The molecule has 14 heteroatoms. The molecule has 3 saturated carbocycles. The summed E-state index contributed by atoms with van der Waals surface area (Å²) in [5, 5.41) is 26.4. The van der Waals surface area contributed by atoms with Crippen LogP contribution in [0.2, 0.25) is 0 Å². The van der Waals surface area contributed by atoms with E-state index in [0.717, 1.165) is 67.7 Å². The van der Waals surface area contributed by atoms with Crippen molar-refractivity contribution < 1.29 is 28.0 Å². The van der Waals surface area contributed by atoms with Gasteiger partial charge in [0.1, 0.15) is 22.8 Å². The van der Waals surface area contributed by atoms with Gasteiger partial charge in [-0.2, -0.15) is 0 Å². The molecular weight excluding hydrogens is 829 g/mol. The lowest BCUT2D eigenvalue weighted by Gasteiger charge is -2.55. The molecule has 0 bridgehead atoms. The fourth-order valence-corrected chi connectivity index (χ4v) is 12.4. The summed E-state index contributed by atoms with van der Waals surface area (Å²) in [5.74, 6) is 2.48. The van der Waals surface area contributed by atoms with Crippen LogP contribution in [0.25, 0.3) is 11.0 Å². The lowest BCUT2D eigenvalue weighted by molar-refractivity contribution is -0.384. The lowest BCUT2D eigenvalue weighted by atomic mass is 9.53. The number of amides is 1. The summed E-state index contributed by atoms with van der Waals surface area (Å²) in [7, 11) is -4.56. The van der Waals surface area contributed by atoms with Gasteiger partial charge in [0.25, 0.3) is 21.6 Å². The summed E-state index contributed by atoms with van der Waals surface area (Å²) < 4.78 is 36.0. The first-order valence-corrected chi connectivity index (χ1v) is 24.5. The molecule has 4 fully saturated rings. The number of hydrogen-bond acceptors (Lipinski definition) is 10. The van der Waals surface area contributed by atoms with Crippen LogP contribution in [0.4, 0.5) is 17.1 Å². The van der Waals surface area contributed by atoms with Crippen LogP contribution >= 0.6 is 0 Å². The fraction of sp³-hybridized carbons (Fsp3) is 0.480. The normalized spacial score (nSPS) is 23.6. The Morgan fingerprint density at radius 2 is 1.77 bits per heavy atom. The molecule has 9 rings (SSSR count). The number of nitrogens with zero attached hydrogens (tertiary/aromatic N) is 3. The van der Waals surface area contributed by atoms with E-state index in [9.17, 15) is 28.4 Å². The van der Waals surface area contributed by atoms with Crippen molar-refractivity contribution in [3.63, 3.8) is 0 Å². The predicted molar refractivity (Wildman–Crippen MR) is 249 cm³/mol. The van der Waals surface area contributed by atoms with Crippen LogP contribution in [-0.4, -0.2) is 59.6 Å². The molecule has 1 spiro atoms. The molecule has 0 radical (unpaired) electrons. The minimum Gasteiger partial charge on any atom is -0.455 e. The number of carbonyl (C=O) groups excluding carboxylic acids is 1. The van der Waals surface area contributed by atoms with E-state index in [0.29, 0.717) is 48.0 Å². The second-order valence-corrected chi connectivity index (χ2v) is 21.4. The van der Waals surface area contributed by atoms with Crippen molar-refractivity contribution in [2.75, 3.05) is 29.9 Å². The quantitative estimate of drug-likeness (QED) is 0.0656. The van der Waals surface area contributed by atoms with E-state index in [-0.39, 0.29) is 22.9 Å². The standard InChI is InChI=1S/C50H60N6O7S/c1-32(2)39-7-4-5-8-41(39)42-10-6-9-40(42)35-28-50(29-35)20-23-55(24-21-50)36-11-13-43(46(26-36)63-37-25-34-17-22-51-47(34)53-31-37)48(57)54-64(61,62)38-12-14-44(45(27-38)56(59)60)52-30-33-15-18-49(3,58)19-16-33/h4-5,7-8,11-14,17,22,25-27,31-33,35,40,42,52,58H,6,9-10,15-16,18-21,23-24,28-30H2,1-3H3,(H,51,53)(H,54,57)/t33?,40?,42-,49?/m0/s1. The summed E-state index contributed by atoms with van der Waals surface area (Å²) >= 11 is 0. The minimum absolute atomic E-state index is 0.0128. The Bertz CT molecular complexity index is 2640. The monoisotopic (exact) mass is 888 g/mol. The number of piperidine rings is 1. The molecule has 1 aliphatic heterocycles. The number of benzene rings is 3. The highest BCUT2D eigenvalue weighted by Gasteiger charge is 2.50. The molecule has 2 atom stereocenters. The van der Waals surface area contributed by atoms with E-state index in [1.807, 2.05) is 19.1 Å². The minimum atomic E-state index is -4.56. The van der Waals surface area contributed by atoms with Crippen molar-refractivity contribution in [3.05, 3.63) is 112 Å². The van der Waals surface area contributed by atoms with Gasteiger partial charge in [-0.25, -0.2) is 18.1 Å². The van der Waals surface area contributed by atoms with E-state index in [1.165, 1.54) is 49.8 Å². The molecule has 338 valence electrons. The van der Waals surface area contributed by atoms with Gasteiger partial charge in [-0.3, -0.25) is 14.9 Å². The van der Waals surface area contributed by atoms with Gasteiger partial charge >= 0.3 is 0 Å². The molecule has 3 aliphatic carbocycles. The SMILES string of the molecule is CC(C)c1ccccc1[C@H]1CCCC1C1CC2(CCN(c3ccc(C(=O)NS(=O)(=O)c4ccc(NCC5CCC(C)(O)CC5)c([N+](=O)[O-])c4)c(Oc4cnc5[nH]ccc5c4)c3)CC2)C1. The van der Waals surface area contributed by atoms with E-state index >= 15 is 0 Å². The number of aromatic nitrogens is 2. The first-order chi connectivity index (χ1) is 30.7. The van der Waals surface area contributed by atoms with Gasteiger partial charge in [0.2, 0.25) is 0 Å². The summed E-state index contributed by atoms with van der Waals surface area (Å²) in [6.45, 7) is 8.59. The average molecular weight is 889 g/mol. The largest absolute Gasteiger partial charge is 0.455 e. The molecule has 3 aromatic carbocycles. The molecule has 4 N–H and O–H groups in total. The Balaban J connectivity index is 0.895. The van der Waals surface area contributed by atoms with Crippen molar-refractivity contribution in [1.29, 1.82) is 0 Å². The second-order valence-electron chi connectivity index (χ2n) is 19.7. The predicted octanol–water partition coefficient (Wildman–Crippen LogP) is 10.4. The van der Waals surface area contributed by atoms with E-state index in [2.05, 4.69) is 63.0 Å². The zero-order valence-electron chi connectivity index (χ0n) is 37.0. The van der Waals surface area contributed by atoms with Crippen molar-refractivity contribution >= 4 is 44.0 Å². The lowest BCUT2D eigenvalue weighted by Crippen LogP contribution is -2.49. The van der Waals surface area contributed by atoms with Gasteiger partial charge in [0.15, 0.2) is 0 Å². The van der Waals surface area contributed by atoms with Crippen molar-refractivity contribution in [2.24, 2.45) is 23.2 Å². The van der Waals surface area contributed by atoms with Gasteiger partial charge in [0.05, 0.1) is 27.2 Å². The maximum Gasteiger partial charge on any atom is 0.293 e. The average Bonchev–Trinajstić information content (AvgIpc) is 3.95. The Labute approximate surface area is 375 Å². The number of nitro groups is 1. The number of fused-ring (bicyclic) bond motifs is 1. The number of nitro benzene ring substituents is 1. The molecule has 5 aromatic rings. The third-order valence-electron chi connectivity index (χ3n) is 15.1. The van der Waals surface area contributed by atoms with Crippen LogP contribution < -0.4 is 19.7 Å². The number of rotatable bonds is 13. The second kappa shape index (κ2) is 17.5. The number of sulfonamides is 1. The Morgan fingerprint density at radius 1 is 1.00 bits per heavy atom. The number of hydrogen-bond donors (Lipinski definition) is 4. The van der Waals surface area contributed by atoms with E-state index in [1.54, 1.807) is 36.2 Å². The highest BCUT2D eigenvalue weighted by Crippen LogP contribution is 2.60. The van der Waals surface area contributed by atoms with E-state index in [4.69, 9.17) is 4.74 Å². The van der Waals surface area contributed by atoms with Crippen molar-refractivity contribution in [3.8, 4) is 11.5 Å². The van der Waals surface area contributed by atoms with Crippen molar-refractivity contribution in [1.82, 2.24) is 14.7 Å². The zero-order chi connectivity index (χ0) is 44.8. The van der Waals surface area contributed by atoms with Crippen molar-refractivity contribution in [2.45, 2.75) is 114 Å². The highest BCUT2D eigenvalue weighted by atomic mass is 32.2. The number of H-pyrrole nitrogens is 1. The number of nitrogens with one attached hydrogen (secondary N) is 3. The van der Waals surface area contributed by atoms with Crippen LogP contribution in [-0.2, 0) is 10.0 Å². The molecule has 2 aromatic heterocycles. The maximum atomic E-state index is 14.0. The molecule has 1 saturated heterocycles. The van der Waals surface area contributed by atoms with Gasteiger partial charge in [-0.15, -0.1) is 0 Å². The van der Waals surface area contributed by atoms with Crippen LogP contribution in [0.1, 0.15) is 125 Å². The molecular formula is C50H60N6O7S. The van der Waals surface area contributed by atoms with Crippen LogP contribution in [0.5, 0.6) is 11.5 Å². The van der Waals surface area contributed by atoms with E-state index < -0.39 is 37.0 Å². The van der Waals surface area contributed by atoms with Crippen LogP contribution in [0, 0.1) is 33.3 Å². The van der Waals surface area contributed by atoms with Gasteiger partial charge in [-0.1, -0.05) is 44.5 Å². The summed E-state index contributed by atoms with van der Waals surface area (Å²) in [6.07, 6.45) is 14.8. The molecule has 4 aliphatic rings. The molecule has 1 amide bonds. The Morgan fingerprint density at radius 3 is 2.52 bits per heavy atom. The number of anilines is 2. The third kappa shape index (κ3) is 9.08. The number of pyridine rings is 1. The Kier molecular flexibility index (Phi) is 12.0. The summed E-state index contributed by atoms with van der Waals surface area (Å²) in [5.41, 5.74) is 4.01. The first kappa shape index (κ1) is 43.8. The number of aliphatic hydroxyl groups is 1. The maximum absolute atomic E-state index is 14.0. The number of ether oxygens (including phenoxy) is 1. The topological polar surface area (TPSA) is 180 Å². The van der Waals surface area contributed by atoms with Gasteiger partial charge in [0, 0.05) is 49.0 Å². The molecule has 3 heterocycles. The summed E-state index contributed by atoms with van der Waals surface area (Å²) in [6, 6.07) is 21.5. The van der Waals surface area contributed by atoms with Gasteiger partial charge in [-0.05, 0) is 154 Å². The Hall–Kier alpha value is -5.47. The molecule has 1 unspecified atom stereocenters. The number of carbonyl (C=O) groups is 1. The fourth-order valence-electron chi connectivity index (χ4n) is 11.4. The van der Waals surface area contributed by atoms with Crippen LogP contribution in [0.3, 0.4) is 0 Å². The summed E-state index contributed by atoms with van der Waals surface area (Å²) in [4.78, 5) is 34.9. The first-order valence-electron chi connectivity index (χ1n) is 23.1. The third-order valence-corrected chi connectivity index (χ3v) is 16.4. The van der Waals surface area contributed by atoms with Crippen LogP contribution in [0.15, 0.2) is 90.1 Å². The molecule has 64 heavy (non-hydrogen) atoms. The molecule has 13 nitrogen and oxygen atoms in total. The highest BCUT2D eigenvalue weighted by molar-refractivity contribution is 7.90. The smallest absolute Gasteiger partial charge is 0.293 e. The zero-order valence-corrected chi connectivity index (χ0v) is 37.8. The van der Waals surface area contributed by atoms with Gasteiger partial charge < -0.3 is 25.0 Å². The number of aromatic amines is 1.